The van der Waals surface area contributed by atoms with Crippen molar-refractivity contribution in [2.45, 2.75) is 51.1 Å². The van der Waals surface area contributed by atoms with E-state index in [1.54, 1.807) is 4.90 Å². The van der Waals surface area contributed by atoms with Crippen LogP contribution in [0.4, 0.5) is 5.69 Å². The number of hydrogen-bond acceptors (Lipinski definition) is 2. The number of nitrogens with one attached hydrogen (secondary N) is 1. The van der Waals surface area contributed by atoms with Crippen molar-refractivity contribution in [2.24, 2.45) is 5.92 Å². The second-order valence-corrected chi connectivity index (χ2v) is 6.51. The van der Waals surface area contributed by atoms with E-state index in [0.29, 0.717) is 5.92 Å². The molecule has 2 unspecified atom stereocenters. The summed E-state index contributed by atoms with van der Waals surface area (Å²) in [4.78, 5) is 26.7. The molecular weight excluding hydrogens is 264 g/mol. The van der Waals surface area contributed by atoms with Crippen molar-refractivity contribution in [1.29, 1.82) is 0 Å². The fraction of sp³-hybridized carbons (Fsp3) is 0.529. The maximum Gasteiger partial charge on any atom is 0.250 e. The van der Waals surface area contributed by atoms with Crippen LogP contribution < -0.4 is 10.2 Å². The van der Waals surface area contributed by atoms with Crippen LogP contribution in [0.1, 0.15) is 37.3 Å². The average molecular weight is 284 g/mol. The van der Waals surface area contributed by atoms with Crippen LogP contribution in [0.3, 0.4) is 0 Å². The lowest BCUT2D eigenvalue weighted by Crippen LogP contribution is -2.63. The molecule has 4 heteroatoms. The molecule has 1 saturated heterocycles. The van der Waals surface area contributed by atoms with Gasteiger partial charge in [0.1, 0.15) is 12.1 Å². The topological polar surface area (TPSA) is 49.4 Å². The third-order valence-corrected chi connectivity index (χ3v) is 5.02. The summed E-state index contributed by atoms with van der Waals surface area (Å²) in [5.41, 5.74) is 3.61. The molecule has 1 aliphatic heterocycles. The first-order valence-electron chi connectivity index (χ1n) is 7.90. The van der Waals surface area contributed by atoms with E-state index in [1.165, 1.54) is 17.5 Å². The van der Waals surface area contributed by atoms with Crippen LogP contribution in [0.15, 0.2) is 18.2 Å². The second kappa shape index (κ2) is 4.58. The van der Waals surface area contributed by atoms with Crippen LogP contribution in [-0.4, -0.2) is 23.9 Å². The van der Waals surface area contributed by atoms with Gasteiger partial charge in [0.05, 0.1) is 0 Å². The molecule has 1 saturated carbocycles. The van der Waals surface area contributed by atoms with Crippen LogP contribution >= 0.6 is 0 Å². The number of rotatable bonds is 2. The predicted octanol–water partition coefficient (Wildman–Crippen LogP) is 1.81. The predicted molar refractivity (Wildman–Crippen MR) is 80.1 cm³/mol. The molecule has 1 aromatic carbocycles. The number of fused-ring (bicyclic) bond motifs is 1. The minimum Gasteiger partial charge on any atom is -0.342 e. The number of amides is 2. The molecule has 0 spiro atoms. The molecule has 0 radical (unpaired) electrons. The van der Waals surface area contributed by atoms with Gasteiger partial charge in [-0.1, -0.05) is 6.07 Å². The number of carbonyl (C=O) groups excluding carboxylic acids is 2. The second-order valence-electron chi connectivity index (χ2n) is 6.51. The van der Waals surface area contributed by atoms with Crippen molar-refractivity contribution in [3.63, 3.8) is 0 Å². The molecule has 0 aromatic heterocycles. The zero-order valence-electron chi connectivity index (χ0n) is 12.3. The summed E-state index contributed by atoms with van der Waals surface area (Å²) in [5, 5.41) is 2.90. The Bertz CT molecular complexity index is 621. The quantitative estimate of drug-likeness (QED) is 0.900. The molecule has 2 aliphatic carbocycles. The van der Waals surface area contributed by atoms with Gasteiger partial charge in [0.25, 0.3) is 5.91 Å². The van der Waals surface area contributed by atoms with E-state index in [2.05, 4.69) is 17.4 Å². The fourth-order valence-corrected chi connectivity index (χ4v) is 3.60. The molecule has 0 bridgehead atoms. The molecule has 3 aliphatic rings. The van der Waals surface area contributed by atoms with Gasteiger partial charge >= 0.3 is 0 Å². The minimum absolute atomic E-state index is 0.0352. The standard InChI is InChI=1S/C17H20N2O2/c1-10-16(20)18-15(12-5-6-12)17(21)19(10)14-8-7-11-3-2-4-13(11)9-14/h7-10,12,15H,2-6H2,1H3,(H,18,20). The molecule has 21 heavy (non-hydrogen) atoms. The summed E-state index contributed by atoms with van der Waals surface area (Å²) in [7, 11) is 0. The van der Waals surface area contributed by atoms with Gasteiger partial charge < -0.3 is 5.32 Å². The first-order chi connectivity index (χ1) is 10.1. The van der Waals surface area contributed by atoms with Crippen molar-refractivity contribution >= 4 is 17.5 Å². The summed E-state index contributed by atoms with van der Waals surface area (Å²) in [6.45, 7) is 1.81. The number of carbonyl (C=O) groups is 2. The van der Waals surface area contributed by atoms with E-state index >= 15 is 0 Å². The monoisotopic (exact) mass is 284 g/mol. The normalized spacial score (nSPS) is 28.5. The van der Waals surface area contributed by atoms with Gasteiger partial charge in [0.2, 0.25) is 5.91 Å². The molecule has 110 valence electrons. The number of anilines is 1. The molecule has 2 fully saturated rings. The van der Waals surface area contributed by atoms with E-state index in [9.17, 15) is 9.59 Å². The summed E-state index contributed by atoms with van der Waals surface area (Å²) in [6, 6.07) is 5.49. The van der Waals surface area contributed by atoms with Crippen LogP contribution in [0.25, 0.3) is 0 Å². The molecular formula is C17H20N2O2. The first-order valence-corrected chi connectivity index (χ1v) is 7.90. The molecule has 1 aromatic rings. The smallest absolute Gasteiger partial charge is 0.250 e. The van der Waals surface area contributed by atoms with E-state index in [0.717, 1.165) is 31.4 Å². The highest BCUT2D eigenvalue weighted by Crippen LogP contribution is 2.37. The highest BCUT2D eigenvalue weighted by atomic mass is 16.2. The SMILES string of the molecule is CC1C(=O)NC(C2CC2)C(=O)N1c1ccc2c(c1)CCC2. The third kappa shape index (κ3) is 2.04. The van der Waals surface area contributed by atoms with Crippen LogP contribution in [-0.2, 0) is 22.4 Å². The summed E-state index contributed by atoms with van der Waals surface area (Å²) >= 11 is 0. The van der Waals surface area contributed by atoms with Gasteiger partial charge in [0.15, 0.2) is 0 Å². The minimum atomic E-state index is -0.424. The highest BCUT2D eigenvalue weighted by molar-refractivity contribution is 6.08. The van der Waals surface area contributed by atoms with Crippen molar-refractivity contribution in [1.82, 2.24) is 5.32 Å². The Hall–Kier alpha value is -1.84. The fourth-order valence-electron chi connectivity index (χ4n) is 3.60. The molecule has 1 heterocycles. The number of piperazine rings is 1. The number of aryl methyl sites for hydroxylation is 2. The van der Waals surface area contributed by atoms with Crippen molar-refractivity contribution < 1.29 is 9.59 Å². The number of benzene rings is 1. The zero-order chi connectivity index (χ0) is 14.6. The Kier molecular flexibility index (Phi) is 2.81. The van der Waals surface area contributed by atoms with E-state index < -0.39 is 6.04 Å². The van der Waals surface area contributed by atoms with Crippen molar-refractivity contribution in [3.05, 3.63) is 29.3 Å². The van der Waals surface area contributed by atoms with Gasteiger partial charge in [-0.15, -0.1) is 0 Å². The molecule has 4 nitrogen and oxygen atoms in total. The molecule has 2 amide bonds. The first kappa shape index (κ1) is 12.9. The summed E-state index contributed by atoms with van der Waals surface area (Å²) < 4.78 is 0. The zero-order valence-corrected chi connectivity index (χ0v) is 12.3. The maximum absolute atomic E-state index is 12.8. The van der Waals surface area contributed by atoms with Crippen LogP contribution in [0.5, 0.6) is 0 Å². The van der Waals surface area contributed by atoms with E-state index in [-0.39, 0.29) is 17.9 Å². The van der Waals surface area contributed by atoms with Gasteiger partial charge in [-0.25, -0.2) is 0 Å². The lowest BCUT2D eigenvalue weighted by atomic mass is 10.0. The summed E-state index contributed by atoms with van der Waals surface area (Å²) in [6.07, 6.45) is 5.49. The Labute approximate surface area is 124 Å². The van der Waals surface area contributed by atoms with Gasteiger partial charge in [0, 0.05) is 5.69 Å². The molecule has 4 rings (SSSR count). The Balaban J connectivity index is 1.70. The van der Waals surface area contributed by atoms with Gasteiger partial charge in [-0.3, -0.25) is 14.5 Å². The average Bonchev–Trinajstić information content (AvgIpc) is 3.20. The van der Waals surface area contributed by atoms with E-state index in [1.807, 2.05) is 13.0 Å². The van der Waals surface area contributed by atoms with Gasteiger partial charge in [-0.05, 0) is 68.2 Å². The van der Waals surface area contributed by atoms with Gasteiger partial charge in [-0.2, -0.15) is 0 Å². The third-order valence-electron chi connectivity index (χ3n) is 5.02. The largest absolute Gasteiger partial charge is 0.342 e. The Morgan fingerprint density at radius 2 is 1.90 bits per heavy atom. The lowest BCUT2D eigenvalue weighted by molar-refractivity contribution is -0.133. The summed E-state index contributed by atoms with van der Waals surface area (Å²) in [5.74, 6) is 0.362. The van der Waals surface area contributed by atoms with Crippen molar-refractivity contribution in [3.8, 4) is 0 Å². The number of hydrogen-bond donors (Lipinski definition) is 1. The maximum atomic E-state index is 12.8. The van der Waals surface area contributed by atoms with Crippen LogP contribution in [0, 0.1) is 5.92 Å². The van der Waals surface area contributed by atoms with E-state index in [4.69, 9.17) is 0 Å². The Morgan fingerprint density at radius 1 is 1.14 bits per heavy atom. The molecule has 1 N–H and O–H groups in total. The Morgan fingerprint density at radius 3 is 2.67 bits per heavy atom. The van der Waals surface area contributed by atoms with Crippen LogP contribution in [0.2, 0.25) is 0 Å². The molecule has 2 atom stereocenters. The highest BCUT2D eigenvalue weighted by Gasteiger charge is 2.46. The lowest BCUT2D eigenvalue weighted by Gasteiger charge is -2.37. The van der Waals surface area contributed by atoms with Crippen molar-refractivity contribution in [2.75, 3.05) is 4.90 Å². The number of nitrogens with zero attached hydrogens (tertiary/aromatic N) is 1.